The van der Waals surface area contributed by atoms with Crippen LogP contribution in [-0.2, 0) is 4.74 Å². The molecule has 2 aliphatic heterocycles. The molecule has 28 heavy (non-hydrogen) atoms. The van der Waals surface area contributed by atoms with Gasteiger partial charge in [0.1, 0.15) is 17.3 Å². The van der Waals surface area contributed by atoms with E-state index in [2.05, 4.69) is 31.5 Å². The zero-order valence-electron chi connectivity index (χ0n) is 14.9. The summed E-state index contributed by atoms with van der Waals surface area (Å²) in [7, 11) is 0. The molecule has 1 saturated heterocycles. The van der Waals surface area contributed by atoms with E-state index < -0.39 is 5.82 Å². The van der Waals surface area contributed by atoms with Crippen molar-refractivity contribution in [3.05, 3.63) is 59.0 Å². The first-order valence-electron chi connectivity index (χ1n) is 9.01. The predicted octanol–water partition coefficient (Wildman–Crippen LogP) is 4.21. The lowest BCUT2D eigenvalue weighted by Gasteiger charge is -2.29. The molecule has 0 aliphatic carbocycles. The number of fused-ring (bicyclic) bond motifs is 3. The zero-order chi connectivity index (χ0) is 19.1. The fraction of sp³-hybridized carbons (Fsp3) is 0.200. The number of amidine groups is 1. The number of aliphatic imine (C=N–C) groups is 1. The van der Waals surface area contributed by atoms with Crippen LogP contribution >= 0.6 is 11.6 Å². The van der Waals surface area contributed by atoms with Crippen LogP contribution in [-0.4, -0.2) is 42.3 Å². The fourth-order valence-electron chi connectivity index (χ4n) is 3.55. The number of hydrogen-bond acceptors (Lipinski definition) is 5. The van der Waals surface area contributed by atoms with Gasteiger partial charge in [0.15, 0.2) is 0 Å². The molecule has 142 valence electrons. The number of benzene rings is 2. The standard InChI is InChI=1S/C20H17ClFN5O/c21-14-2-1-3-15(22)18(14)20-24-16-5-4-12(27-6-8-28-9-7-27)10-13(16)19-17(25-20)11-23-26-19/h1-5,10-11H,6-9H2,(H,23,26)(H,24,25). The molecule has 0 atom stereocenters. The third kappa shape index (κ3) is 2.93. The Hall–Kier alpha value is -2.90. The van der Waals surface area contributed by atoms with Gasteiger partial charge in [-0.1, -0.05) is 17.7 Å². The number of aromatic amines is 1. The third-order valence-electron chi connectivity index (χ3n) is 4.95. The van der Waals surface area contributed by atoms with E-state index in [9.17, 15) is 4.39 Å². The average molecular weight is 398 g/mol. The summed E-state index contributed by atoms with van der Waals surface area (Å²) in [5.41, 5.74) is 4.46. The number of halogens is 2. The molecular weight excluding hydrogens is 381 g/mol. The monoisotopic (exact) mass is 397 g/mol. The highest BCUT2D eigenvalue weighted by atomic mass is 35.5. The van der Waals surface area contributed by atoms with Crippen molar-refractivity contribution < 1.29 is 9.13 Å². The molecule has 0 radical (unpaired) electrons. The lowest BCUT2D eigenvalue weighted by atomic mass is 10.1. The Bertz CT molecular complexity index is 1050. The van der Waals surface area contributed by atoms with Gasteiger partial charge in [-0.15, -0.1) is 0 Å². The van der Waals surface area contributed by atoms with Gasteiger partial charge in [0, 0.05) is 30.0 Å². The van der Waals surface area contributed by atoms with E-state index in [1.165, 1.54) is 6.07 Å². The van der Waals surface area contributed by atoms with Crippen molar-refractivity contribution in [1.29, 1.82) is 0 Å². The molecular formula is C20H17ClFN5O. The van der Waals surface area contributed by atoms with Crippen LogP contribution in [0.25, 0.3) is 11.3 Å². The SMILES string of the molecule is Fc1cccc(Cl)c1C1=Nc2cn[nH]c2-c2cc(N3CCOCC3)ccc2N1. The van der Waals surface area contributed by atoms with Gasteiger partial charge in [-0.05, 0) is 30.3 Å². The lowest BCUT2D eigenvalue weighted by molar-refractivity contribution is 0.122. The van der Waals surface area contributed by atoms with Crippen molar-refractivity contribution in [2.75, 3.05) is 36.5 Å². The van der Waals surface area contributed by atoms with Crippen LogP contribution in [0.1, 0.15) is 5.56 Å². The normalized spacial score (nSPS) is 15.9. The predicted molar refractivity (Wildman–Crippen MR) is 108 cm³/mol. The van der Waals surface area contributed by atoms with Gasteiger partial charge in [0.25, 0.3) is 0 Å². The largest absolute Gasteiger partial charge is 0.378 e. The van der Waals surface area contributed by atoms with Gasteiger partial charge in [-0.3, -0.25) is 5.10 Å². The Morgan fingerprint density at radius 2 is 2.00 bits per heavy atom. The second-order valence-electron chi connectivity index (χ2n) is 6.64. The Balaban J connectivity index is 1.62. The highest BCUT2D eigenvalue weighted by Crippen LogP contribution is 2.39. The van der Waals surface area contributed by atoms with E-state index in [1.807, 2.05) is 12.1 Å². The molecule has 5 rings (SSSR count). The molecule has 2 aliphatic rings. The number of H-pyrrole nitrogens is 1. The lowest BCUT2D eigenvalue weighted by Crippen LogP contribution is -2.36. The number of nitrogens with zero attached hydrogens (tertiary/aromatic N) is 3. The van der Waals surface area contributed by atoms with Crippen LogP contribution in [0, 0.1) is 5.82 Å². The number of anilines is 2. The average Bonchev–Trinajstić information content (AvgIpc) is 3.11. The van der Waals surface area contributed by atoms with Gasteiger partial charge in [-0.2, -0.15) is 5.10 Å². The van der Waals surface area contributed by atoms with Crippen LogP contribution in [0.2, 0.25) is 5.02 Å². The maximum Gasteiger partial charge on any atom is 0.143 e. The summed E-state index contributed by atoms with van der Waals surface area (Å²) in [4.78, 5) is 6.88. The summed E-state index contributed by atoms with van der Waals surface area (Å²) in [6, 6.07) is 10.7. The first-order chi connectivity index (χ1) is 13.7. The van der Waals surface area contributed by atoms with Crippen molar-refractivity contribution in [3.63, 3.8) is 0 Å². The quantitative estimate of drug-likeness (QED) is 0.679. The van der Waals surface area contributed by atoms with E-state index in [4.69, 9.17) is 16.3 Å². The number of hydrogen-bond donors (Lipinski definition) is 2. The van der Waals surface area contributed by atoms with Crippen molar-refractivity contribution in [2.24, 2.45) is 4.99 Å². The van der Waals surface area contributed by atoms with E-state index in [0.29, 0.717) is 29.8 Å². The van der Waals surface area contributed by atoms with Crippen LogP contribution in [0.4, 0.5) is 21.5 Å². The highest BCUT2D eigenvalue weighted by Gasteiger charge is 2.23. The van der Waals surface area contributed by atoms with E-state index in [-0.39, 0.29) is 5.56 Å². The molecule has 3 heterocycles. The van der Waals surface area contributed by atoms with Crippen molar-refractivity contribution in [3.8, 4) is 11.3 Å². The number of ether oxygens (including phenoxy) is 1. The van der Waals surface area contributed by atoms with Gasteiger partial charge in [-0.25, -0.2) is 9.38 Å². The smallest absolute Gasteiger partial charge is 0.143 e. The molecule has 0 amide bonds. The first kappa shape index (κ1) is 17.2. The number of aromatic nitrogens is 2. The van der Waals surface area contributed by atoms with Gasteiger partial charge in [0.2, 0.25) is 0 Å². The molecule has 1 aromatic heterocycles. The molecule has 0 unspecified atom stereocenters. The van der Waals surface area contributed by atoms with Gasteiger partial charge in [0.05, 0.1) is 35.7 Å². The summed E-state index contributed by atoms with van der Waals surface area (Å²) >= 11 is 6.27. The Kier molecular flexibility index (Phi) is 4.26. The molecule has 1 fully saturated rings. The van der Waals surface area contributed by atoms with Crippen molar-refractivity contribution in [1.82, 2.24) is 10.2 Å². The molecule has 0 spiro atoms. The van der Waals surface area contributed by atoms with E-state index >= 15 is 0 Å². The minimum absolute atomic E-state index is 0.237. The van der Waals surface area contributed by atoms with Crippen LogP contribution in [0.15, 0.2) is 47.6 Å². The van der Waals surface area contributed by atoms with Crippen molar-refractivity contribution in [2.45, 2.75) is 0 Å². The summed E-state index contributed by atoms with van der Waals surface area (Å²) < 4.78 is 20.0. The van der Waals surface area contributed by atoms with Crippen LogP contribution in [0.5, 0.6) is 0 Å². The second kappa shape index (κ2) is 6.92. The van der Waals surface area contributed by atoms with E-state index in [1.54, 1.807) is 18.3 Å². The summed E-state index contributed by atoms with van der Waals surface area (Å²) in [5, 5.41) is 10.7. The van der Waals surface area contributed by atoms with Crippen LogP contribution in [0.3, 0.4) is 0 Å². The highest BCUT2D eigenvalue weighted by molar-refractivity contribution is 6.35. The summed E-state index contributed by atoms with van der Waals surface area (Å²) in [6.07, 6.45) is 1.63. The van der Waals surface area contributed by atoms with Gasteiger partial charge < -0.3 is 15.0 Å². The Morgan fingerprint density at radius 3 is 2.82 bits per heavy atom. The van der Waals surface area contributed by atoms with Crippen molar-refractivity contribution >= 4 is 34.5 Å². The molecule has 0 bridgehead atoms. The summed E-state index contributed by atoms with van der Waals surface area (Å²) in [6.45, 7) is 3.11. The molecule has 2 aromatic carbocycles. The molecule has 3 aromatic rings. The fourth-order valence-corrected chi connectivity index (χ4v) is 3.80. The minimum atomic E-state index is -0.433. The third-order valence-corrected chi connectivity index (χ3v) is 5.27. The number of nitrogens with one attached hydrogen (secondary N) is 2. The summed E-state index contributed by atoms with van der Waals surface area (Å²) in [5.74, 6) is -0.0826. The molecule has 0 saturated carbocycles. The van der Waals surface area contributed by atoms with E-state index in [0.717, 1.165) is 35.7 Å². The number of rotatable bonds is 2. The topological polar surface area (TPSA) is 65.5 Å². The molecule has 6 nitrogen and oxygen atoms in total. The zero-order valence-corrected chi connectivity index (χ0v) is 15.6. The Morgan fingerprint density at radius 1 is 1.14 bits per heavy atom. The van der Waals surface area contributed by atoms with Gasteiger partial charge >= 0.3 is 0 Å². The molecule has 2 N–H and O–H groups in total. The minimum Gasteiger partial charge on any atom is -0.378 e. The van der Waals surface area contributed by atoms with Crippen LogP contribution < -0.4 is 10.2 Å². The number of morpholine rings is 1. The molecule has 8 heteroatoms. The first-order valence-corrected chi connectivity index (χ1v) is 9.39. The Labute approximate surface area is 166 Å². The maximum atomic E-state index is 14.5. The second-order valence-corrected chi connectivity index (χ2v) is 7.05. The maximum absolute atomic E-state index is 14.5.